The van der Waals surface area contributed by atoms with Crippen molar-refractivity contribution >= 4 is 0 Å². The van der Waals surface area contributed by atoms with Crippen LogP contribution in [-0.2, 0) is 16.0 Å². The Hall–Kier alpha value is -0.950. The van der Waals surface area contributed by atoms with Crippen LogP contribution in [0.2, 0.25) is 0 Å². The maximum absolute atomic E-state index is 11.3. The van der Waals surface area contributed by atoms with Crippen LogP contribution in [0.4, 0.5) is 0 Å². The fourth-order valence-electron chi connectivity index (χ4n) is 4.49. The molecule has 0 bridgehead atoms. The third-order valence-electron chi connectivity index (χ3n) is 5.67. The molecule has 3 aliphatic heterocycles. The molecule has 4 heterocycles. The highest BCUT2D eigenvalue weighted by molar-refractivity contribution is 5.07. The fourth-order valence-corrected chi connectivity index (χ4v) is 4.49. The highest BCUT2D eigenvalue weighted by Crippen LogP contribution is 2.44. The average molecular weight is 307 g/mol. The predicted octanol–water partition coefficient (Wildman–Crippen LogP) is 0.706. The van der Waals surface area contributed by atoms with E-state index >= 15 is 0 Å². The molecular weight excluding hydrogens is 282 g/mol. The van der Waals surface area contributed by atoms with E-state index in [-0.39, 0.29) is 11.8 Å². The molecule has 6 heteroatoms. The van der Waals surface area contributed by atoms with E-state index < -0.39 is 5.60 Å². The van der Waals surface area contributed by atoms with Crippen molar-refractivity contribution in [3.63, 3.8) is 0 Å². The van der Waals surface area contributed by atoms with Crippen LogP contribution in [0.1, 0.15) is 24.4 Å². The van der Waals surface area contributed by atoms with Gasteiger partial charge in [0.2, 0.25) is 0 Å². The molecule has 0 aromatic carbocycles. The number of fused-ring (bicyclic) bond motifs is 3. The van der Waals surface area contributed by atoms with Gasteiger partial charge in [-0.1, -0.05) is 0 Å². The second-order valence-corrected chi connectivity index (χ2v) is 6.99. The largest absolute Gasteiger partial charge is 0.389 e. The first-order valence-corrected chi connectivity index (χ1v) is 8.29. The molecule has 0 saturated carbocycles. The molecule has 4 rings (SSSR count). The molecule has 1 aromatic rings. The molecule has 0 unspecified atom stereocenters. The number of H-pyrrole nitrogens is 1. The molecule has 3 saturated heterocycles. The quantitative estimate of drug-likeness (QED) is 0.842. The van der Waals surface area contributed by atoms with E-state index in [0.717, 1.165) is 44.1 Å². The summed E-state index contributed by atoms with van der Waals surface area (Å²) in [5, 5.41) is 11.3. The van der Waals surface area contributed by atoms with Crippen LogP contribution >= 0.6 is 0 Å². The van der Waals surface area contributed by atoms with E-state index in [1.807, 2.05) is 13.1 Å². The molecular formula is C16H25N3O3. The highest BCUT2D eigenvalue weighted by Gasteiger charge is 2.55. The Morgan fingerprint density at radius 1 is 1.41 bits per heavy atom. The number of rotatable bonds is 2. The van der Waals surface area contributed by atoms with Crippen molar-refractivity contribution in [2.75, 3.05) is 33.0 Å². The number of aromatic amines is 1. The number of imidazole rings is 1. The number of nitrogens with one attached hydrogen (secondary N) is 1. The van der Waals surface area contributed by atoms with Crippen molar-refractivity contribution in [3.8, 4) is 0 Å². The first-order valence-electron chi connectivity index (χ1n) is 8.29. The normalized spacial score (nSPS) is 39.3. The molecule has 3 fully saturated rings. The number of piperidine rings is 1. The molecule has 1 aromatic heterocycles. The van der Waals surface area contributed by atoms with Crippen molar-refractivity contribution in [1.82, 2.24) is 14.9 Å². The minimum atomic E-state index is -0.626. The van der Waals surface area contributed by atoms with E-state index in [1.54, 1.807) is 0 Å². The SMILES string of the molecule is Cc1cnc(CN2C[C@H]3COCC[C@@]3(O)[C@@H]3COCC[C@@H]32)[nH]1. The Morgan fingerprint density at radius 3 is 3.09 bits per heavy atom. The number of aliphatic hydroxyl groups is 1. The maximum atomic E-state index is 11.3. The van der Waals surface area contributed by atoms with Gasteiger partial charge in [-0.25, -0.2) is 4.98 Å². The van der Waals surface area contributed by atoms with E-state index in [0.29, 0.717) is 25.9 Å². The van der Waals surface area contributed by atoms with Crippen LogP contribution in [0.25, 0.3) is 0 Å². The second kappa shape index (κ2) is 5.60. The van der Waals surface area contributed by atoms with Crippen LogP contribution in [0, 0.1) is 18.8 Å². The summed E-state index contributed by atoms with van der Waals surface area (Å²) in [6, 6.07) is 0.374. The van der Waals surface area contributed by atoms with Gasteiger partial charge in [-0.15, -0.1) is 0 Å². The molecule has 6 nitrogen and oxygen atoms in total. The molecule has 0 radical (unpaired) electrons. The van der Waals surface area contributed by atoms with Crippen LogP contribution in [0.5, 0.6) is 0 Å². The zero-order valence-corrected chi connectivity index (χ0v) is 13.1. The smallest absolute Gasteiger partial charge is 0.120 e. The molecule has 122 valence electrons. The minimum absolute atomic E-state index is 0.167. The summed E-state index contributed by atoms with van der Waals surface area (Å²) in [7, 11) is 0. The molecule has 0 spiro atoms. The van der Waals surface area contributed by atoms with Gasteiger partial charge in [0.15, 0.2) is 0 Å². The summed E-state index contributed by atoms with van der Waals surface area (Å²) in [5.74, 6) is 1.35. The van der Waals surface area contributed by atoms with Gasteiger partial charge in [0, 0.05) is 55.9 Å². The maximum Gasteiger partial charge on any atom is 0.120 e. The van der Waals surface area contributed by atoms with E-state index in [1.165, 1.54) is 0 Å². The molecule has 22 heavy (non-hydrogen) atoms. The first-order chi connectivity index (χ1) is 10.7. The van der Waals surface area contributed by atoms with Crippen LogP contribution < -0.4 is 0 Å². The third kappa shape index (κ3) is 2.38. The summed E-state index contributed by atoms with van der Waals surface area (Å²) < 4.78 is 11.3. The second-order valence-electron chi connectivity index (χ2n) is 6.99. The van der Waals surface area contributed by atoms with Crippen molar-refractivity contribution < 1.29 is 14.6 Å². The standard InChI is InChI=1S/C16H25N3O3/c1-11-6-17-15(18-11)8-19-7-12-9-22-5-3-16(12,20)13-10-21-4-2-14(13)19/h6,12-14,20H,2-5,7-10H2,1H3,(H,17,18)/t12-,13+,14-,16-/m0/s1. The van der Waals surface area contributed by atoms with E-state index in [9.17, 15) is 5.11 Å². The third-order valence-corrected chi connectivity index (χ3v) is 5.67. The van der Waals surface area contributed by atoms with Crippen molar-refractivity contribution in [2.45, 2.75) is 38.0 Å². The molecule has 2 N–H and O–H groups in total. The van der Waals surface area contributed by atoms with Gasteiger partial charge < -0.3 is 19.6 Å². The topological polar surface area (TPSA) is 70.6 Å². The monoisotopic (exact) mass is 307 g/mol. The summed E-state index contributed by atoms with van der Waals surface area (Å²) in [6.07, 6.45) is 3.59. The number of hydrogen-bond donors (Lipinski definition) is 2. The predicted molar refractivity (Wildman–Crippen MR) is 80.3 cm³/mol. The van der Waals surface area contributed by atoms with E-state index in [4.69, 9.17) is 9.47 Å². The lowest BCUT2D eigenvalue weighted by Crippen LogP contribution is -2.67. The number of hydrogen-bond acceptors (Lipinski definition) is 5. The Balaban J connectivity index is 1.59. The average Bonchev–Trinajstić information content (AvgIpc) is 2.94. The molecule has 0 aliphatic carbocycles. The summed E-state index contributed by atoms with van der Waals surface area (Å²) in [5.41, 5.74) is 0.465. The highest BCUT2D eigenvalue weighted by atomic mass is 16.5. The Kier molecular flexibility index (Phi) is 3.72. The Bertz CT molecular complexity index is 534. The van der Waals surface area contributed by atoms with Crippen molar-refractivity contribution in [1.29, 1.82) is 0 Å². The fraction of sp³-hybridized carbons (Fsp3) is 0.812. The van der Waals surface area contributed by atoms with Gasteiger partial charge >= 0.3 is 0 Å². The lowest BCUT2D eigenvalue weighted by atomic mass is 9.66. The minimum Gasteiger partial charge on any atom is -0.389 e. The molecule has 3 aliphatic rings. The summed E-state index contributed by atoms with van der Waals surface area (Å²) >= 11 is 0. The van der Waals surface area contributed by atoms with Crippen LogP contribution in [-0.4, -0.2) is 64.6 Å². The van der Waals surface area contributed by atoms with Gasteiger partial charge in [-0.05, 0) is 13.3 Å². The Labute approximate surface area is 130 Å². The zero-order valence-electron chi connectivity index (χ0n) is 13.1. The van der Waals surface area contributed by atoms with Crippen molar-refractivity contribution in [2.24, 2.45) is 11.8 Å². The number of ether oxygens (including phenoxy) is 2. The summed E-state index contributed by atoms with van der Waals surface area (Å²) in [6.45, 7) is 6.45. The lowest BCUT2D eigenvalue weighted by molar-refractivity contribution is -0.221. The first kappa shape index (κ1) is 14.6. The summed E-state index contributed by atoms with van der Waals surface area (Å²) in [4.78, 5) is 10.2. The van der Waals surface area contributed by atoms with Gasteiger partial charge in [0.25, 0.3) is 0 Å². The number of aromatic nitrogens is 2. The molecule has 0 amide bonds. The van der Waals surface area contributed by atoms with Crippen LogP contribution in [0.3, 0.4) is 0 Å². The zero-order chi connectivity index (χ0) is 15.2. The number of nitrogens with zero attached hydrogens (tertiary/aromatic N) is 2. The molecule has 4 atom stereocenters. The van der Waals surface area contributed by atoms with Gasteiger partial charge in [0.05, 0.1) is 25.4 Å². The van der Waals surface area contributed by atoms with Gasteiger partial charge in [-0.3, -0.25) is 4.90 Å². The van der Waals surface area contributed by atoms with E-state index in [2.05, 4.69) is 14.9 Å². The van der Waals surface area contributed by atoms with Gasteiger partial charge in [-0.2, -0.15) is 0 Å². The Morgan fingerprint density at radius 2 is 2.27 bits per heavy atom. The number of likely N-dealkylation sites (tertiary alicyclic amines) is 1. The number of aryl methyl sites for hydroxylation is 1. The lowest BCUT2D eigenvalue weighted by Gasteiger charge is -2.57. The van der Waals surface area contributed by atoms with Crippen LogP contribution in [0.15, 0.2) is 6.20 Å². The van der Waals surface area contributed by atoms with Crippen molar-refractivity contribution in [3.05, 3.63) is 17.7 Å². The van der Waals surface area contributed by atoms with Gasteiger partial charge in [0.1, 0.15) is 5.82 Å².